The van der Waals surface area contributed by atoms with E-state index in [1.54, 1.807) is 12.1 Å². The number of hydrogen-bond donors (Lipinski definition) is 1. The summed E-state index contributed by atoms with van der Waals surface area (Å²) in [6.45, 7) is 1.97. The Hall–Kier alpha value is -1.03. The molecule has 0 atom stereocenters. The lowest BCUT2D eigenvalue weighted by atomic mass is 10.1. The van der Waals surface area contributed by atoms with E-state index in [1.165, 1.54) is 6.07 Å². The number of aromatic hydroxyl groups is 1. The van der Waals surface area contributed by atoms with E-state index in [4.69, 9.17) is 0 Å². The molecule has 1 aromatic carbocycles. The SMILES string of the molecule is CCc1ccc(C(=O)OBr)c(O)c1. The van der Waals surface area contributed by atoms with Crippen molar-refractivity contribution in [1.29, 1.82) is 0 Å². The van der Waals surface area contributed by atoms with Gasteiger partial charge in [0.25, 0.3) is 0 Å². The van der Waals surface area contributed by atoms with E-state index in [1.807, 2.05) is 6.92 Å². The number of halogens is 1. The lowest BCUT2D eigenvalue weighted by Gasteiger charge is -2.02. The maximum Gasteiger partial charge on any atom is 0.353 e. The van der Waals surface area contributed by atoms with Crippen LogP contribution in [0.2, 0.25) is 0 Å². The van der Waals surface area contributed by atoms with Crippen LogP contribution in [-0.4, -0.2) is 11.1 Å². The number of phenolic OH excluding ortho intramolecular Hbond substituents is 1. The molecule has 4 heteroatoms. The summed E-state index contributed by atoms with van der Waals surface area (Å²) in [6.07, 6.45) is 0.817. The molecule has 0 aliphatic carbocycles. The van der Waals surface area contributed by atoms with Crippen molar-refractivity contribution in [3.05, 3.63) is 29.3 Å². The first kappa shape index (κ1) is 10.1. The Morgan fingerprint density at radius 2 is 2.31 bits per heavy atom. The Labute approximate surface area is 84.8 Å². The van der Waals surface area contributed by atoms with Gasteiger partial charge in [0.1, 0.15) is 11.3 Å². The van der Waals surface area contributed by atoms with Gasteiger partial charge in [-0.25, -0.2) is 4.79 Å². The largest absolute Gasteiger partial charge is 0.507 e. The predicted molar refractivity (Wildman–Crippen MR) is 51.8 cm³/mol. The lowest BCUT2D eigenvalue weighted by molar-refractivity contribution is 0.0779. The average molecular weight is 245 g/mol. The third-order valence-corrected chi connectivity index (χ3v) is 2.05. The molecule has 0 heterocycles. The number of carbonyl (C=O) groups is 1. The second kappa shape index (κ2) is 4.28. The van der Waals surface area contributed by atoms with Gasteiger partial charge in [0, 0.05) is 0 Å². The summed E-state index contributed by atoms with van der Waals surface area (Å²) in [5.74, 6) is -0.649. The third kappa shape index (κ3) is 2.21. The molecule has 0 amide bonds. The second-order valence-corrected chi connectivity index (χ2v) is 2.89. The van der Waals surface area contributed by atoms with Crippen LogP contribution in [0.5, 0.6) is 5.75 Å². The van der Waals surface area contributed by atoms with E-state index in [0.29, 0.717) is 0 Å². The number of aryl methyl sites for hydroxylation is 1. The smallest absolute Gasteiger partial charge is 0.353 e. The molecule has 0 fully saturated rings. The molecule has 3 nitrogen and oxygen atoms in total. The van der Waals surface area contributed by atoms with Gasteiger partial charge in [0.05, 0.1) is 0 Å². The highest BCUT2D eigenvalue weighted by atomic mass is 79.9. The van der Waals surface area contributed by atoms with Gasteiger partial charge in [-0.2, -0.15) is 0 Å². The standard InChI is InChI=1S/C9H9BrO3/c1-2-6-3-4-7(8(11)5-6)9(12)13-10/h3-5,11H,2H2,1H3. The summed E-state index contributed by atoms with van der Waals surface area (Å²) >= 11 is 2.56. The van der Waals surface area contributed by atoms with Crippen LogP contribution in [0, 0.1) is 0 Å². The highest BCUT2D eigenvalue weighted by molar-refractivity contribution is 9.06. The first-order chi connectivity index (χ1) is 6.19. The summed E-state index contributed by atoms with van der Waals surface area (Å²) in [7, 11) is 0. The van der Waals surface area contributed by atoms with E-state index < -0.39 is 5.97 Å². The van der Waals surface area contributed by atoms with Gasteiger partial charge in [-0.15, -0.1) is 0 Å². The molecular weight excluding hydrogens is 236 g/mol. The maximum atomic E-state index is 11.0. The second-order valence-electron chi connectivity index (χ2n) is 2.57. The summed E-state index contributed by atoms with van der Waals surface area (Å²) in [6, 6.07) is 4.87. The summed E-state index contributed by atoms with van der Waals surface area (Å²) in [5.41, 5.74) is 1.14. The molecule has 0 bridgehead atoms. The lowest BCUT2D eigenvalue weighted by Crippen LogP contribution is -1.98. The van der Waals surface area contributed by atoms with E-state index in [-0.39, 0.29) is 11.3 Å². The summed E-state index contributed by atoms with van der Waals surface area (Å²) in [4.78, 5) is 11.0. The third-order valence-electron chi connectivity index (χ3n) is 1.76. The number of hydrogen-bond acceptors (Lipinski definition) is 3. The minimum absolute atomic E-state index is 0.0520. The van der Waals surface area contributed by atoms with Crippen molar-refractivity contribution in [3.63, 3.8) is 0 Å². The zero-order valence-corrected chi connectivity index (χ0v) is 8.67. The van der Waals surface area contributed by atoms with Crippen LogP contribution in [0.3, 0.4) is 0 Å². The number of rotatable bonds is 2. The van der Waals surface area contributed by atoms with E-state index >= 15 is 0 Å². The summed E-state index contributed by atoms with van der Waals surface area (Å²) < 4.78 is 4.30. The van der Waals surface area contributed by atoms with Gasteiger partial charge in [-0.1, -0.05) is 13.0 Å². The molecule has 0 saturated heterocycles. The molecule has 13 heavy (non-hydrogen) atoms. The Kier molecular flexibility index (Phi) is 3.31. The van der Waals surface area contributed by atoms with Crippen LogP contribution in [0.15, 0.2) is 18.2 Å². The molecule has 0 aromatic heterocycles. The highest BCUT2D eigenvalue weighted by Crippen LogP contribution is 2.20. The highest BCUT2D eigenvalue weighted by Gasteiger charge is 2.11. The van der Waals surface area contributed by atoms with Gasteiger partial charge in [-0.3, -0.25) is 0 Å². The Morgan fingerprint density at radius 3 is 2.77 bits per heavy atom. The van der Waals surface area contributed by atoms with Crippen LogP contribution in [0.25, 0.3) is 0 Å². The monoisotopic (exact) mass is 244 g/mol. The molecule has 1 rings (SSSR count). The van der Waals surface area contributed by atoms with E-state index in [2.05, 4.69) is 20.1 Å². The van der Waals surface area contributed by atoms with Crippen LogP contribution in [0.1, 0.15) is 22.8 Å². The maximum absolute atomic E-state index is 11.0. The molecular formula is C9H9BrO3. The van der Waals surface area contributed by atoms with Crippen molar-refractivity contribution in [2.75, 3.05) is 0 Å². The minimum atomic E-state index is -0.597. The Morgan fingerprint density at radius 1 is 1.62 bits per heavy atom. The predicted octanol–water partition coefficient (Wildman–Crippen LogP) is 2.42. The van der Waals surface area contributed by atoms with Crippen molar-refractivity contribution in [1.82, 2.24) is 0 Å². The minimum Gasteiger partial charge on any atom is -0.507 e. The topological polar surface area (TPSA) is 46.5 Å². The van der Waals surface area contributed by atoms with Gasteiger partial charge < -0.3 is 8.93 Å². The molecule has 1 aromatic rings. The molecule has 0 aliphatic heterocycles. The van der Waals surface area contributed by atoms with Gasteiger partial charge in [0.2, 0.25) is 0 Å². The van der Waals surface area contributed by atoms with Crippen molar-refractivity contribution in [3.8, 4) is 5.75 Å². The van der Waals surface area contributed by atoms with Crippen molar-refractivity contribution < 1.29 is 13.7 Å². The fourth-order valence-corrected chi connectivity index (χ4v) is 1.19. The van der Waals surface area contributed by atoms with Crippen LogP contribution in [-0.2, 0) is 10.2 Å². The normalized spacial score (nSPS) is 9.69. The van der Waals surface area contributed by atoms with Crippen LogP contribution in [0.4, 0.5) is 0 Å². The molecule has 0 unspecified atom stereocenters. The Balaban J connectivity index is 3.05. The molecule has 70 valence electrons. The fourth-order valence-electron chi connectivity index (χ4n) is 1.01. The zero-order chi connectivity index (χ0) is 9.84. The average Bonchev–Trinajstić information content (AvgIpc) is 2.16. The molecule has 1 N–H and O–H groups in total. The van der Waals surface area contributed by atoms with Gasteiger partial charge >= 0.3 is 5.97 Å². The van der Waals surface area contributed by atoms with Gasteiger partial charge in [-0.05, 0) is 24.1 Å². The first-order valence-corrected chi connectivity index (χ1v) is 4.48. The van der Waals surface area contributed by atoms with E-state index in [9.17, 15) is 9.90 Å². The fraction of sp³-hybridized carbons (Fsp3) is 0.222. The number of benzene rings is 1. The molecule has 0 radical (unpaired) electrons. The Bertz CT molecular complexity index is 323. The molecule has 0 spiro atoms. The molecule has 0 aliphatic rings. The van der Waals surface area contributed by atoms with Crippen LogP contribution < -0.4 is 0 Å². The zero-order valence-electron chi connectivity index (χ0n) is 7.08. The van der Waals surface area contributed by atoms with E-state index in [0.717, 1.165) is 12.0 Å². The number of carbonyl (C=O) groups excluding carboxylic acids is 1. The summed E-state index contributed by atoms with van der Waals surface area (Å²) in [5, 5.41) is 9.40. The first-order valence-electron chi connectivity index (χ1n) is 3.83. The van der Waals surface area contributed by atoms with Crippen molar-refractivity contribution in [2.45, 2.75) is 13.3 Å². The molecule has 0 saturated carbocycles. The van der Waals surface area contributed by atoms with Crippen molar-refractivity contribution >= 4 is 22.2 Å². The van der Waals surface area contributed by atoms with Crippen LogP contribution >= 0.6 is 16.3 Å². The van der Waals surface area contributed by atoms with Gasteiger partial charge in [0.15, 0.2) is 16.3 Å². The quantitative estimate of drug-likeness (QED) is 0.870. The van der Waals surface area contributed by atoms with Crippen molar-refractivity contribution in [2.24, 2.45) is 0 Å². The number of phenols is 1.